The van der Waals surface area contributed by atoms with Crippen molar-refractivity contribution >= 4 is 17.9 Å². The van der Waals surface area contributed by atoms with E-state index in [4.69, 9.17) is 4.74 Å². The first kappa shape index (κ1) is 27.4. The third-order valence-corrected chi connectivity index (χ3v) is 6.32. The van der Waals surface area contributed by atoms with E-state index in [1.807, 2.05) is 0 Å². The lowest BCUT2D eigenvalue weighted by Gasteiger charge is -2.08. The van der Waals surface area contributed by atoms with Gasteiger partial charge in [-0.1, -0.05) is 10.4 Å². The Labute approximate surface area is 235 Å². The average molecular weight is 572 g/mol. The van der Waals surface area contributed by atoms with Gasteiger partial charge in [0.15, 0.2) is 0 Å². The van der Waals surface area contributed by atoms with Gasteiger partial charge in [0.1, 0.15) is 34.0 Å². The predicted octanol–water partition coefficient (Wildman–Crippen LogP) is 2.79. The van der Waals surface area contributed by atoms with Gasteiger partial charge in [-0.3, -0.25) is 0 Å². The molecule has 3 aromatic heterocycles. The molecule has 5 rings (SSSR count). The molecule has 0 saturated carbocycles. The van der Waals surface area contributed by atoms with Crippen LogP contribution in [-0.4, -0.2) is 80.4 Å². The van der Waals surface area contributed by atoms with Crippen molar-refractivity contribution in [1.29, 1.82) is 0 Å². The van der Waals surface area contributed by atoms with E-state index in [2.05, 4.69) is 25.6 Å². The van der Waals surface area contributed by atoms with Crippen molar-refractivity contribution in [2.24, 2.45) is 0 Å². The fourth-order valence-electron chi connectivity index (χ4n) is 4.16. The Kier molecular flexibility index (Phi) is 6.83. The van der Waals surface area contributed by atoms with Crippen LogP contribution in [0.3, 0.4) is 0 Å². The second-order valence-corrected chi connectivity index (χ2v) is 9.14. The molecule has 15 heteroatoms. The van der Waals surface area contributed by atoms with Gasteiger partial charge < -0.3 is 25.2 Å². The summed E-state index contributed by atoms with van der Waals surface area (Å²) < 4.78 is 7.47. The van der Waals surface area contributed by atoms with Crippen LogP contribution < -0.4 is 0 Å². The first-order valence-electron chi connectivity index (χ1n) is 12.1. The maximum absolute atomic E-state index is 12.5. The van der Waals surface area contributed by atoms with Gasteiger partial charge in [0.25, 0.3) is 0 Å². The van der Waals surface area contributed by atoms with Crippen molar-refractivity contribution in [2.75, 3.05) is 7.11 Å². The molecule has 0 spiro atoms. The molecule has 3 heterocycles. The average Bonchev–Trinajstić information content (AvgIpc) is 3.66. The van der Waals surface area contributed by atoms with Crippen molar-refractivity contribution < 1.29 is 39.5 Å². The number of aromatic carboxylic acids is 2. The fraction of sp³-hybridized carbons (Fsp3) is 0.111. The molecule has 4 N–H and O–H groups in total. The summed E-state index contributed by atoms with van der Waals surface area (Å²) in [5, 5.41) is 55.3. The van der Waals surface area contributed by atoms with Gasteiger partial charge in [-0.25, -0.2) is 28.7 Å². The second-order valence-electron chi connectivity index (χ2n) is 9.14. The first-order valence-corrected chi connectivity index (χ1v) is 12.1. The lowest BCUT2D eigenvalue weighted by atomic mass is 10.1. The Bertz CT molecular complexity index is 1780. The number of carboxylic acids is 2. The summed E-state index contributed by atoms with van der Waals surface area (Å²) in [5.41, 5.74) is 1.62. The third kappa shape index (κ3) is 4.97. The molecule has 2 aromatic carbocycles. The van der Waals surface area contributed by atoms with Crippen LogP contribution in [-0.2, 0) is 4.74 Å². The summed E-state index contributed by atoms with van der Waals surface area (Å²) in [4.78, 5) is 40.1. The number of rotatable bonds is 7. The van der Waals surface area contributed by atoms with Crippen LogP contribution >= 0.6 is 0 Å². The highest BCUT2D eigenvalue weighted by Crippen LogP contribution is 2.29. The smallest absolute Gasteiger partial charge is 0.339 e. The van der Waals surface area contributed by atoms with E-state index in [1.165, 1.54) is 65.3 Å². The minimum absolute atomic E-state index is 0.115. The summed E-state index contributed by atoms with van der Waals surface area (Å²) in [7, 11) is 1.22. The molecule has 0 unspecified atom stereocenters. The molecular formula is C27H21N7O8. The van der Waals surface area contributed by atoms with Gasteiger partial charge in [0, 0.05) is 0 Å². The SMILES string of the molecule is COC(=O)c1cc(-c2cn(-c3cc(C)c(O)c(C(=O)O)c3)nn2)nc(-c2cn(-c3cc(C)c(O)c(C(=O)O)c3)nn2)c1. The minimum atomic E-state index is -1.32. The maximum atomic E-state index is 12.5. The van der Waals surface area contributed by atoms with Crippen LogP contribution in [0.25, 0.3) is 34.2 Å². The topological polar surface area (TPSA) is 216 Å². The quantitative estimate of drug-likeness (QED) is 0.207. The number of ether oxygens (including phenoxy) is 1. The van der Waals surface area contributed by atoms with Crippen LogP contribution in [0, 0.1) is 13.8 Å². The highest BCUT2D eigenvalue weighted by atomic mass is 16.5. The number of carboxylic acid groups (broad SMARTS) is 2. The largest absolute Gasteiger partial charge is 0.507 e. The normalized spacial score (nSPS) is 10.9. The number of aromatic hydroxyl groups is 2. The number of aryl methyl sites for hydroxylation is 2. The third-order valence-electron chi connectivity index (χ3n) is 6.32. The van der Waals surface area contributed by atoms with Gasteiger partial charge >= 0.3 is 17.9 Å². The van der Waals surface area contributed by atoms with Crippen LogP contribution in [0.2, 0.25) is 0 Å². The molecule has 0 aliphatic carbocycles. The molecule has 5 aromatic rings. The summed E-state index contributed by atoms with van der Waals surface area (Å²) in [5.74, 6) is -4.02. The summed E-state index contributed by atoms with van der Waals surface area (Å²) in [6.45, 7) is 3.10. The fourth-order valence-corrected chi connectivity index (χ4v) is 4.16. The standard InChI is InChI=1S/C27H21N7O8/c1-12-4-15(8-17(23(12)35)25(37)38)33-10-21(29-31-33)19-6-14(27(41)42-3)7-20(28-19)22-11-34(32-30-22)16-5-13(2)24(36)18(9-16)26(39)40/h4-11,35-36H,1-3H3,(H,37,38)(H,39,40). The monoisotopic (exact) mass is 571 g/mol. The Balaban J connectivity index is 1.57. The zero-order chi connectivity index (χ0) is 30.3. The van der Waals surface area contributed by atoms with Crippen molar-refractivity contribution in [3.8, 4) is 45.6 Å². The number of hydrogen-bond acceptors (Lipinski definition) is 11. The molecule has 0 bridgehead atoms. The molecular weight excluding hydrogens is 550 g/mol. The highest BCUT2D eigenvalue weighted by molar-refractivity contribution is 5.93. The highest BCUT2D eigenvalue weighted by Gasteiger charge is 2.20. The van der Waals surface area contributed by atoms with E-state index < -0.39 is 17.9 Å². The zero-order valence-electron chi connectivity index (χ0n) is 22.2. The van der Waals surface area contributed by atoms with E-state index in [0.717, 1.165) is 0 Å². The Morgan fingerprint density at radius 1 is 0.690 bits per heavy atom. The van der Waals surface area contributed by atoms with Crippen molar-refractivity contribution in [2.45, 2.75) is 13.8 Å². The number of hydrogen-bond donors (Lipinski definition) is 4. The number of carbonyl (C=O) groups is 3. The Morgan fingerprint density at radius 3 is 1.50 bits per heavy atom. The maximum Gasteiger partial charge on any atom is 0.339 e. The van der Waals surface area contributed by atoms with Gasteiger partial charge in [-0.05, 0) is 61.4 Å². The number of benzene rings is 2. The summed E-state index contributed by atoms with van der Waals surface area (Å²) in [6, 6.07) is 8.41. The Hall–Kier alpha value is -6.12. The van der Waals surface area contributed by atoms with Crippen molar-refractivity contribution in [3.05, 3.63) is 76.6 Å². The van der Waals surface area contributed by atoms with E-state index in [0.29, 0.717) is 22.5 Å². The number of carbonyl (C=O) groups excluding carboxylic acids is 1. The number of phenols is 2. The van der Waals surface area contributed by atoms with E-state index in [1.54, 1.807) is 13.8 Å². The first-order chi connectivity index (χ1) is 20.0. The number of esters is 1. The second kappa shape index (κ2) is 10.5. The van der Waals surface area contributed by atoms with Crippen LogP contribution in [0.4, 0.5) is 0 Å². The Morgan fingerprint density at radius 2 is 1.12 bits per heavy atom. The lowest BCUT2D eigenvalue weighted by molar-refractivity contribution is 0.0599. The molecule has 0 saturated heterocycles. The number of aromatic nitrogens is 7. The molecule has 42 heavy (non-hydrogen) atoms. The molecule has 0 amide bonds. The number of methoxy groups -OCH3 is 1. The molecule has 0 atom stereocenters. The van der Waals surface area contributed by atoms with Crippen LogP contribution in [0.1, 0.15) is 42.2 Å². The van der Waals surface area contributed by atoms with E-state index >= 15 is 0 Å². The summed E-state index contributed by atoms with van der Waals surface area (Å²) in [6.07, 6.45) is 2.93. The molecule has 15 nitrogen and oxygen atoms in total. The van der Waals surface area contributed by atoms with E-state index in [9.17, 15) is 34.8 Å². The van der Waals surface area contributed by atoms with Gasteiger partial charge in [0.2, 0.25) is 0 Å². The van der Waals surface area contributed by atoms with Crippen LogP contribution in [0.15, 0.2) is 48.8 Å². The lowest BCUT2D eigenvalue weighted by Crippen LogP contribution is -2.03. The minimum Gasteiger partial charge on any atom is -0.507 e. The van der Waals surface area contributed by atoms with Gasteiger partial charge in [-0.15, -0.1) is 10.2 Å². The zero-order valence-corrected chi connectivity index (χ0v) is 22.2. The van der Waals surface area contributed by atoms with Crippen molar-refractivity contribution in [3.63, 3.8) is 0 Å². The van der Waals surface area contributed by atoms with E-state index in [-0.39, 0.29) is 51.0 Å². The number of nitrogens with zero attached hydrogens (tertiary/aromatic N) is 7. The molecule has 212 valence electrons. The van der Waals surface area contributed by atoms with Crippen molar-refractivity contribution in [1.82, 2.24) is 35.0 Å². The predicted molar refractivity (Wildman–Crippen MR) is 143 cm³/mol. The van der Waals surface area contributed by atoms with Gasteiger partial charge in [0.05, 0.1) is 47.8 Å². The summed E-state index contributed by atoms with van der Waals surface area (Å²) >= 11 is 0. The molecule has 0 aliphatic rings. The van der Waals surface area contributed by atoms with Gasteiger partial charge in [-0.2, -0.15) is 0 Å². The van der Waals surface area contributed by atoms with Crippen LogP contribution in [0.5, 0.6) is 11.5 Å². The molecule has 0 aliphatic heterocycles. The molecule has 0 fully saturated rings. The number of pyridine rings is 1. The molecule has 0 radical (unpaired) electrons.